The van der Waals surface area contributed by atoms with Crippen molar-refractivity contribution in [1.82, 2.24) is 9.88 Å². The fourth-order valence-electron chi connectivity index (χ4n) is 3.04. The van der Waals surface area contributed by atoms with Crippen molar-refractivity contribution in [3.05, 3.63) is 29.6 Å². The number of rotatable bonds is 2. The van der Waals surface area contributed by atoms with Crippen molar-refractivity contribution in [3.63, 3.8) is 0 Å². The van der Waals surface area contributed by atoms with Gasteiger partial charge in [0.05, 0.1) is 0 Å². The minimum atomic E-state index is -0.418. The van der Waals surface area contributed by atoms with E-state index in [0.29, 0.717) is 11.8 Å². The third-order valence-electron chi connectivity index (χ3n) is 4.42. The third kappa shape index (κ3) is 3.79. The van der Waals surface area contributed by atoms with Crippen LogP contribution in [-0.4, -0.2) is 34.7 Å². The molecule has 1 aromatic rings. The summed E-state index contributed by atoms with van der Waals surface area (Å²) in [6.45, 7) is 7.29. The second-order valence-electron chi connectivity index (χ2n) is 7.53. The second kappa shape index (κ2) is 5.90. The molecule has 0 aromatic carbocycles. The van der Waals surface area contributed by atoms with E-state index in [-0.39, 0.29) is 6.09 Å². The van der Waals surface area contributed by atoms with Crippen molar-refractivity contribution in [2.75, 3.05) is 13.1 Å². The Morgan fingerprint density at radius 1 is 1.18 bits per heavy atom. The molecular weight excluding hydrogens is 276 g/mol. The monoisotopic (exact) mass is 302 g/mol. The van der Waals surface area contributed by atoms with Gasteiger partial charge in [-0.1, -0.05) is 0 Å². The van der Waals surface area contributed by atoms with Crippen LogP contribution in [0.25, 0.3) is 0 Å². The van der Waals surface area contributed by atoms with Gasteiger partial charge in [0, 0.05) is 30.9 Å². The molecule has 3 rings (SSSR count). The van der Waals surface area contributed by atoms with Crippen LogP contribution in [0, 0.1) is 0 Å². The minimum absolute atomic E-state index is 0.181. The normalized spacial score (nSPS) is 20.0. The predicted octanol–water partition coefficient (Wildman–Crippen LogP) is 4.07. The Morgan fingerprint density at radius 2 is 1.86 bits per heavy atom. The first-order valence-corrected chi connectivity index (χ1v) is 8.36. The molecule has 22 heavy (non-hydrogen) atoms. The quantitative estimate of drug-likeness (QED) is 0.827. The highest BCUT2D eigenvalue weighted by Gasteiger charge is 2.29. The molecular formula is C18H26N2O2. The van der Waals surface area contributed by atoms with Crippen LogP contribution in [0.2, 0.25) is 0 Å². The zero-order chi connectivity index (χ0) is 15.7. The van der Waals surface area contributed by atoms with Gasteiger partial charge in [0.15, 0.2) is 0 Å². The van der Waals surface area contributed by atoms with Crippen molar-refractivity contribution in [2.24, 2.45) is 0 Å². The summed E-state index contributed by atoms with van der Waals surface area (Å²) in [5, 5.41) is 0. The van der Waals surface area contributed by atoms with Gasteiger partial charge >= 0.3 is 6.09 Å². The molecule has 4 nitrogen and oxygen atoms in total. The van der Waals surface area contributed by atoms with Crippen molar-refractivity contribution in [1.29, 1.82) is 0 Å². The molecule has 1 saturated heterocycles. The minimum Gasteiger partial charge on any atom is -0.444 e. The van der Waals surface area contributed by atoms with Crippen LogP contribution in [-0.2, 0) is 4.74 Å². The average Bonchev–Trinajstić information content (AvgIpc) is 3.30. The molecule has 1 aliphatic carbocycles. The number of pyridine rings is 1. The first-order chi connectivity index (χ1) is 10.4. The SMILES string of the molecule is CC(C)(C)OC(=O)N1CCC(c2ccnc(C3CC3)c2)CC1. The molecule has 4 heteroatoms. The zero-order valence-electron chi connectivity index (χ0n) is 13.8. The lowest BCUT2D eigenvalue weighted by molar-refractivity contribution is 0.0205. The van der Waals surface area contributed by atoms with Crippen molar-refractivity contribution in [3.8, 4) is 0 Å². The van der Waals surface area contributed by atoms with Crippen LogP contribution in [0.5, 0.6) is 0 Å². The lowest BCUT2D eigenvalue weighted by Gasteiger charge is -2.33. The molecule has 1 amide bonds. The largest absolute Gasteiger partial charge is 0.444 e. The number of ether oxygens (including phenoxy) is 1. The molecule has 2 aliphatic rings. The lowest BCUT2D eigenvalue weighted by atomic mass is 9.89. The summed E-state index contributed by atoms with van der Waals surface area (Å²) in [7, 11) is 0. The molecule has 2 heterocycles. The smallest absolute Gasteiger partial charge is 0.410 e. The zero-order valence-corrected chi connectivity index (χ0v) is 13.8. The molecule has 1 saturated carbocycles. The van der Waals surface area contributed by atoms with Crippen LogP contribution in [0.4, 0.5) is 4.79 Å². The Bertz CT molecular complexity index is 538. The van der Waals surface area contributed by atoms with Gasteiger partial charge in [-0.05, 0) is 70.1 Å². The summed E-state index contributed by atoms with van der Waals surface area (Å²) in [4.78, 5) is 18.4. The predicted molar refractivity (Wildman–Crippen MR) is 86.0 cm³/mol. The Kier molecular flexibility index (Phi) is 4.11. The molecule has 0 radical (unpaired) electrons. The van der Waals surface area contributed by atoms with Gasteiger partial charge in [0.2, 0.25) is 0 Å². The van der Waals surface area contributed by atoms with E-state index in [9.17, 15) is 4.79 Å². The molecule has 0 atom stereocenters. The van der Waals surface area contributed by atoms with E-state index in [1.165, 1.54) is 24.1 Å². The highest BCUT2D eigenvalue weighted by molar-refractivity contribution is 5.68. The van der Waals surface area contributed by atoms with Crippen LogP contribution < -0.4 is 0 Å². The van der Waals surface area contributed by atoms with Gasteiger partial charge < -0.3 is 9.64 Å². The molecule has 1 aromatic heterocycles. The number of piperidine rings is 1. The van der Waals surface area contributed by atoms with E-state index in [4.69, 9.17) is 4.74 Å². The number of amides is 1. The van der Waals surface area contributed by atoms with Gasteiger partial charge in [0.1, 0.15) is 5.60 Å². The summed E-state index contributed by atoms with van der Waals surface area (Å²) in [5.74, 6) is 1.24. The number of nitrogens with zero attached hydrogens (tertiary/aromatic N) is 2. The van der Waals surface area contributed by atoms with Gasteiger partial charge in [-0.2, -0.15) is 0 Å². The summed E-state index contributed by atoms with van der Waals surface area (Å²) in [5.41, 5.74) is 2.23. The first kappa shape index (κ1) is 15.3. The second-order valence-corrected chi connectivity index (χ2v) is 7.53. The Hall–Kier alpha value is -1.58. The molecule has 1 aliphatic heterocycles. The molecule has 0 bridgehead atoms. The van der Waals surface area contributed by atoms with Crippen molar-refractivity contribution >= 4 is 6.09 Å². The van der Waals surface area contributed by atoms with Crippen LogP contribution in [0.3, 0.4) is 0 Å². The Labute approximate surface area is 132 Å². The fourth-order valence-corrected chi connectivity index (χ4v) is 3.04. The first-order valence-electron chi connectivity index (χ1n) is 8.36. The van der Waals surface area contributed by atoms with E-state index < -0.39 is 5.60 Å². The molecule has 2 fully saturated rings. The number of carbonyl (C=O) groups is 1. The highest BCUT2D eigenvalue weighted by atomic mass is 16.6. The van der Waals surface area contributed by atoms with Crippen LogP contribution in [0.1, 0.15) is 69.5 Å². The van der Waals surface area contributed by atoms with Crippen molar-refractivity contribution in [2.45, 2.75) is 63.9 Å². The molecule has 0 unspecified atom stereocenters. The maximum Gasteiger partial charge on any atom is 0.410 e. The molecule has 120 valence electrons. The maximum atomic E-state index is 12.1. The van der Waals surface area contributed by atoms with E-state index in [2.05, 4.69) is 17.1 Å². The maximum absolute atomic E-state index is 12.1. The van der Waals surface area contributed by atoms with Gasteiger partial charge in [-0.25, -0.2) is 4.79 Å². The standard InChI is InChI=1S/C18H26N2O2/c1-18(2,3)22-17(21)20-10-7-13(8-11-20)15-6-9-19-16(12-15)14-4-5-14/h6,9,12-14H,4-5,7-8,10-11H2,1-3H3. The molecule has 0 spiro atoms. The number of likely N-dealkylation sites (tertiary alicyclic amines) is 1. The number of aromatic nitrogens is 1. The van der Waals surface area contributed by atoms with Gasteiger partial charge in [0.25, 0.3) is 0 Å². The Morgan fingerprint density at radius 3 is 2.45 bits per heavy atom. The lowest BCUT2D eigenvalue weighted by Crippen LogP contribution is -2.41. The third-order valence-corrected chi connectivity index (χ3v) is 4.42. The average molecular weight is 302 g/mol. The topological polar surface area (TPSA) is 42.4 Å². The van der Waals surface area contributed by atoms with E-state index in [1.807, 2.05) is 31.9 Å². The number of carbonyl (C=O) groups excluding carboxylic acids is 1. The summed E-state index contributed by atoms with van der Waals surface area (Å²) >= 11 is 0. The van der Waals surface area contributed by atoms with Crippen LogP contribution >= 0.6 is 0 Å². The van der Waals surface area contributed by atoms with E-state index in [0.717, 1.165) is 25.9 Å². The van der Waals surface area contributed by atoms with E-state index in [1.54, 1.807) is 0 Å². The van der Waals surface area contributed by atoms with Gasteiger partial charge in [-0.3, -0.25) is 4.98 Å². The number of hydrogen-bond acceptors (Lipinski definition) is 3. The van der Waals surface area contributed by atoms with Crippen molar-refractivity contribution < 1.29 is 9.53 Å². The van der Waals surface area contributed by atoms with Crippen LogP contribution in [0.15, 0.2) is 18.3 Å². The summed E-state index contributed by atoms with van der Waals surface area (Å²) in [6.07, 6.45) is 6.35. The van der Waals surface area contributed by atoms with E-state index >= 15 is 0 Å². The Balaban J connectivity index is 1.57. The number of hydrogen-bond donors (Lipinski definition) is 0. The summed E-state index contributed by atoms with van der Waals surface area (Å²) in [6, 6.07) is 4.42. The highest BCUT2D eigenvalue weighted by Crippen LogP contribution is 2.40. The van der Waals surface area contributed by atoms with Gasteiger partial charge in [-0.15, -0.1) is 0 Å². The summed E-state index contributed by atoms with van der Waals surface area (Å²) < 4.78 is 5.45. The molecule has 0 N–H and O–H groups in total. The fraction of sp³-hybridized carbons (Fsp3) is 0.667.